The van der Waals surface area contributed by atoms with Crippen LogP contribution in [0.3, 0.4) is 0 Å². The number of hydrogen-bond donors (Lipinski definition) is 2. The third-order valence-corrected chi connectivity index (χ3v) is 3.95. The summed E-state index contributed by atoms with van der Waals surface area (Å²) in [5.74, 6) is -0.706. The number of aromatic nitrogens is 3. The summed E-state index contributed by atoms with van der Waals surface area (Å²) in [4.78, 5) is 23.4. The third-order valence-electron chi connectivity index (χ3n) is 2.92. The zero-order valence-corrected chi connectivity index (χ0v) is 12.9. The van der Waals surface area contributed by atoms with Crippen molar-refractivity contribution in [3.63, 3.8) is 0 Å². The second-order valence-corrected chi connectivity index (χ2v) is 5.53. The fourth-order valence-electron chi connectivity index (χ4n) is 2.01. The van der Waals surface area contributed by atoms with E-state index in [2.05, 4.69) is 15.0 Å². The second-order valence-electron chi connectivity index (χ2n) is 4.34. The largest absolute Gasteiger partial charge is 0.465 e. The Labute approximate surface area is 138 Å². The van der Waals surface area contributed by atoms with Crippen molar-refractivity contribution in [2.24, 2.45) is 0 Å². The molecule has 23 heavy (non-hydrogen) atoms. The maximum atomic E-state index is 14.6. The molecule has 0 bridgehead atoms. The van der Waals surface area contributed by atoms with Gasteiger partial charge in [0.15, 0.2) is 5.82 Å². The van der Waals surface area contributed by atoms with Crippen molar-refractivity contribution in [3.8, 4) is 21.8 Å². The van der Waals surface area contributed by atoms with E-state index in [-0.39, 0.29) is 16.5 Å². The normalized spacial score (nSPS) is 10.5. The van der Waals surface area contributed by atoms with E-state index >= 15 is 0 Å². The summed E-state index contributed by atoms with van der Waals surface area (Å²) in [6.45, 7) is 0. The minimum atomic E-state index is -1.35. The van der Waals surface area contributed by atoms with Gasteiger partial charge in [0.2, 0.25) is 5.28 Å². The Morgan fingerprint density at radius 2 is 2.13 bits per heavy atom. The summed E-state index contributed by atoms with van der Waals surface area (Å²) >= 11 is 7.06. The Kier molecular flexibility index (Phi) is 4.18. The average Bonchev–Trinajstić information content (AvgIpc) is 2.98. The van der Waals surface area contributed by atoms with E-state index in [0.717, 1.165) is 0 Å². The third kappa shape index (κ3) is 3.13. The van der Waals surface area contributed by atoms with Crippen LogP contribution in [0, 0.1) is 5.82 Å². The highest BCUT2D eigenvalue weighted by Gasteiger charge is 2.18. The van der Waals surface area contributed by atoms with Crippen molar-refractivity contribution in [1.82, 2.24) is 15.0 Å². The molecule has 0 aliphatic carbocycles. The Hall–Kier alpha value is -2.58. The molecule has 0 saturated heterocycles. The van der Waals surface area contributed by atoms with Gasteiger partial charge >= 0.3 is 6.09 Å². The predicted molar refractivity (Wildman–Crippen MR) is 85.2 cm³/mol. The molecule has 2 aromatic heterocycles. The number of carbonyl (C=O) groups is 1. The summed E-state index contributed by atoms with van der Waals surface area (Å²) in [6.07, 6.45) is 0.148. The topological polar surface area (TPSA) is 88.0 Å². The lowest BCUT2D eigenvalue weighted by Gasteiger charge is -2.08. The SMILES string of the molecule is O=C(O)Nc1cccc(-c2ncsc2-c2ccnc(Cl)n2)c1F. The maximum absolute atomic E-state index is 14.6. The molecule has 1 amide bonds. The number of rotatable bonds is 3. The molecular formula is C14H8ClFN4O2S. The molecule has 0 aliphatic rings. The van der Waals surface area contributed by atoms with Gasteiger partial charge in [0.1, 0.15) is 0 Å². The van der Waals surface area contributed by atoms with Crippen LogP contribution in [-0.2, 0) is 0 Å². The van der Waals surface area contributed by atoms with Gasteiger partial charge in [-0.05, 0) is 29.8 Å². The van der Waals surface area contributed by atoms with Gasteiger partial charge in [0, 0.05) is 11.8 Å². The summed E-state index contributed by atoms with van der Waals surface area (Å²) in [5.41, 5.74) is 2.45. The molecular weight excluding hydrogens is 343 g/mol. The quantitative estimate of drug-likeness (QED) is 0.693. The summed E-state index contributed by atoms with van der Waals surface area (Å²) < 4.78 is 14.6. The Bertz CT molecular complexity index is 887. The maximum Gasteiger partial charge on any atom is 0.409 e. The number of thiazole rings is 1. The van der Waals surface area contributed by atoms with E-state index in [1.165, 1.54) is 29.7 Å². The highest BCUT2D eigenvalue weighted by molar-refractivity contribution is 7.13. The van der Waals surface area contributed by atoms with Crippen molar-refractivity contribution in [1.29, 1.82) is 0 Å². The number of carboxylic acid groups (broad SMARTS) is 1. The van der Waals surface area contributed by atoms with Crippen LogP contribution in [0.25, 0.3) is 21.8 Å². The first-order valence-electron chi connectivity index (χ1n) is 6.27. The second kappa shape index (κ2) is 6.27. The molecule has 0 aliphatic heterocycles. The van der Waals surface area contributed by atoms with Gasteiger partial charge in [-0.3, -0.25) is 5.32 Å². The molecule has 9 heteroatoms. The molecule has 116 valence electrons. The van der Waals surface area contributed by atoms with E-state index in [1.54, 1.807) is 17.6 Å². The first kappa shape index (κ1) is 15.3. The number of hydrogen-bond acceptors (Lipinski definition) is 5. The first-order valence-corrected chi connectivity index (χ1v) is 7.53. The molecule has 3 aromatic rings. The van der Waals surface area contributed by atoms with Crippen LogP contribution < -0.4 is 5.32 Å². The Balaban J connectivity index is 2.11. The minimum absolute atomic E-state index is 0.0728. The van der Waals surface area contributed by atoms with Gasteiger partial charge in [-0.15, -0.1) is 11.3 Å². The molecule has 6 nitrogen and oxygen atoms in total. The number of nitrogens with one attached hydrogen (secondary N) is 1. The van der Waals surface area contributed by atoms with Crippen LogP contribution in [0.5, 0.6) is 0 Å². The highest BCUT2D eigenvalue weighted by Crippen LogP contribution is 2.36. The predicted octanol–water partition coefficient (Wildman–Crippen LogP) is 4.15. The lowest BCUT2D eigenvalue weighted by atomic mass is 10.1. The molecule has 0 unspecified atom stereocenters. The molecule has 0 saturated carbocycles. The van der Waals surface area contributed by atoms with Crippen molar-refractivity contribution in [2.75, 3.05) is 5.32 Å². The Morgan fingerprint density at radius 3 is 2.87 bits per heavy atom. The van der Waals surface area contributed by atoms with Crippen LogP contribution in [0.15, 0.2) is 36.0 Å². The Morgan fingerprint density at radius 1 is 1.30 bits per heavy atom. The lowest BCUT2D eigenvalue weighted by Crippen LogP contribution is -2.09. The van der Waals surface area contributed by atoms with Crippen LogP contribution >= 0.6 is 22.9 Å². The minimum Gasteiger partial charge on any atom is -0.465 e. The lowest BCUT2D eigenvalue weighted by molar-refractivity contribution is 0.209. The number of nitrogens with zero attached hydrogens (tertiary/aromatic N) is 3. The summed E-state index contributed by atoms with van der Waals surface area (Å²) in [6, 6.07) is 6.03. The molecule has 0 fully saturated rings. The van der Waals surface area contributed by atoms with Gasteiger partial charge in [-0.1, -0.05) is 6.07 Å². The molecule has 0 atom stereocenters. The smallest absolute Gasteiger partial charge is 0.409 e. The van der Waals surface area contributed by atoms with Crippen LogP contribution in [-0.4, -0.2) is 26.2 Å². The zero-order valence-electron chi connectivity index (χ0n) is 11.3. The number of halogens is 2. The van der Waals surface area contributed by atoms with Crippen LogP contribution in [0.1, 0.15) is 0 Å². The fraction of sp³-hybridized carbons (Fsp3) is 0. The van der Waals surface area contributed by atoms with Gasteiger partial charge in [-0.2, -0.15) is 0 Å². The highest BCUT2D eigenvalue weighted by atomic mass is 35.5. The standard InChI is InChI=1S/C14H8ClFN4O2S/c15-13-17-5-4-9(19-13)12-11(18-6-23-12)7-2-1-3-8(10(7)16)20-14(21)22/h1-6,20H,(H,21,22). The van der Waals surface area contributed by atoms with E-state index < -0.39 is 11.9 Å². The van der Waals surface area contributed by atoms with E-state index in [4.69, 9.17) is 16.7 Å². The van der Waals surface area contributed by atoms with Crippen molar-refractivity contribution < 1.29 is 14.3 Å². The molecule has 1 aromatic carbocycles. The van der Waals surface area contributed by atoms with Crippen molar-refractivity contribution in [3.05, 3.63) is 47.1 Å². The summed E-state index contributed by atoms with van der Waals surface area (Å²) in [5, 5.41) is 10.8. The molecule has 0 radical (unpaired) electrons. The monoisotopic (exact) mass is 350 g/mol. The first-order chi connectivity index (χ1) is 11.1. The van der Waals surface area contributed by atoms with Gasteiger partial charge in [0.05, 0.1) is 27.5 Å². The van der Waals surface area contributed by atoms with E-state index in [9.17, 15) is 9.18 Å². The average molecular weight is 351 g/mol. The van der Waals surface area contributed by atoms with Gasteiger partial charge in [0.25, 0.3) is 0 Å². The molecule has 0 spiro atoms. The number of anilines is 1. The summed E-state index contributed by atoms with van der Waals surface area (Å²) in [7, 11) is 0. The van der Waals surface area contributed by atoms with Crippen LogP contribution in [0.2, 0.25) is 5.28 Å². The molecule has 3 rings (SSSR count). The van der Waals surface area contributed by atoms with Crippen molar-refractivity contribution in [2.45, 2.75) is 0 Å². The van der Waals surface area contributed by atoms with E-state index in [1.807, 2.05) is 5.32 Å². The molecule has 2 heterocycles. The van der Waals surface area contributed by atoms with Crippen molar-refractivity contribution >= 4 is 34.7 Å². The fourth-order valence-corrected chi connectivity index (χ4v) is 2.93. The molecule has 2 N–H and O–H groups in total. The number of amides is 1. The zero-order chi connectivity index (χ0) is 16.4. The van der Waals surface area contributed by atoms with Gasteiger partial charge in [-0.25, -0.2) is 24.1 Å². The van der Waals surface area contributed by atoms with E-state index in [0.29, 0.717) is 16.3 Å². The van der Waals surface area contributed by atoms with Crippen LogP contribution in [0.4, 0.5) is 14.9 Å². The van der Waals surface area contributed by atoms with Gasteiger partial charge < -0.3 is 5.11 Å². The number of benzene rings is 1.